The maximum Gasteiger partial charge on any atom is 0.317 e. The van der Waals surface area contributed by atoms with Gasteiger partial charge in [0, 0.05) is 15.7 Å². The molecule has 0 spiro atoms. The molecule has 0 aliphatic carbocycles. The summed E-state index contributed by atoms with van der Waals surface area (Å²) in [5, 5.41) is 0. The van der Waals surface area contributed by atoms with E-state index in [2.05, 4.69) is 0 Å². The molecule has 0 amide bonds. The van der Waals surface area contributed by atoms with Gasteiger partial charge in [-0.2, -0.15) is 0 Å². The van der Waals surface area contributed by atoms with Gasteiger partial charge in [-0.3, -0.25) is 9.59 Å². The number of fused-ring (bicyclic) bond motifs is 2. The van der Waals surface area contributed by atoms with E-state index in [1.165, 1.54) is 14.0 Å². The largest absolute Gasteiger partial charge is 0.468 e. The number of carbonyl (C=O) groups excluding carboxylic acids is 2. The zero-order valence-corrected chi connectivity index (χ0v) is 13.2. The topological polar surface area (TPSA) is 43.4 Å². The Morgan fingerprint density at radius 3 is 1.95 bits per heavy atom. The molecule has 1 atom stereocenters. The molecule has 1 heterocycles. The number of hydrogen-bond donors (Lipinski definition) is 0. The average Bonchev–Trinajstić information content (AvgIpc) is 2.54. The van der Waals surface area contributed by atoms with Gasteiger partial charge in [-0.1, -0.05) is 48.2 Å². The molecule has 0 aromatic heterocycles. The lowest BCUT2D eigenvalue weighted by Crippen LogP contribution is -2.31. The molecule has 2 aromatic carbocycles. The number of carbonyl (C=O) groups is 2. The third-order valence-electron chi connectivity index (χ3n) is 3.95. The van der Waals surface area contributed by atoms with Crippen LogP contribution in [0.5, 0.6) is 0 Å². The van der Waals surface area contributed by atoms with E-state index in [0.717, 1.165) is 20.9 Å². The van der Waals surface area contributed by atoms with Crippen LogP contribution in [0.15, 0.2) is 58.3 Å². The standard InChI is InChI=1S/C18H16O3S/c1-11(19)16(18(20)21-2)17-12-7-3-5-9-14(12)22-15-10-6-4-8-13(15)17/h3-10,16-17H,1-2H3/t16-/m0/s1. The predicted octanol–water partition coefficient (Wildman–Crippen LogP) is 3.66. The Balaban J connectivity index is 2.21. The minimum atomic E-state index is -0.812. The second-order valence-corrected chi connectivity index (χ2v) is 6.35. The lowest BCUT2D eigenvalue weighted by Gasteiger charge is -2.31. The molecule has 0 saturated heterocycles. The van der Waals surface area contributed by atoms with E-state index in [9.17, 15) is 9.59 Å². The van der Waals surface area contributed by atoms with Crippen LogP contribution in [0.25, 0.3) is 0 Å². The van der Waals surface area contributed by atoms with Crippen LogP contribution in [-0.2, 0) is 14.3 Å². The Bertz CT molecular complexity index is 693. The normalized spacial score (nSPS) is 14.6. The summed E-state index contributed by atoms with van der Waals surface area (Å²) in [4.78, 5) is 26.5. The van der Waals surface area contributed by atoms with Gasteiger partial charge in [0.15, 0.2) is 0 Å². The monoisotopic (exact) mass is 312 g/mol. The summed E-state index contributed by atoms with van der Waals surface area (Å²) in [6.07, 6.45) is 0. The molecule has 1 aliphatic rings. The predicted molar refractivity (Wildman–Crippen MR) is 85.0 cm³/mol. The molecule has 22 heavy (non-hydrogen) atoms. The van der Waals surface area contributed by atoms with Crippen molar-refractivity contribution >= 4 is 23.5 Å². The van der Waals surface area contributed by atoms with Crippen molar-refractivity contribution < 1.29 is 14.3 Å². The third-order valence-corrected chi connectivity index (χ3v) is 5.14. The van der Waals surface area contributed by atoms with Crippen LogP contribution in [0, 0.1) is 5.92 Å². The fourth-order valence-electron chi connectivity index (χ4n) is 2.97. The van der Waals surface area contributed by atoms with Gasteiger partial charge in [-0.15, -0.1) is 0 Å². The van der Waals surface area contributed by atoms with E-state index in [-0.39, 0.29) is 11.7 Å². The molecule has 3 nitrogen and oxygen atoms in total. The fraction of sp³-hybridized carbons (Fsp3) is 0.222. The Labute approximate surface area is 133 Å². The van der Waals surface area contributed by atoms with Crippen molar-refractivity contribution in [2.75, 3.05) is 7.11 Å². The van der Waals surface area contributed by atoms with Gasteiger partial charge in [-0.25, -0.2) is 0 Å². The number of rotatable bonds is 3. The summed E-state index contributed by atoms with van der Waals surface area (Å²) < 4.78 is 4.89. The molecular weight excluding hydrogens is 296 g/mol. The summed E-state index contributed by atoms with van der Waals surface area (Å²) in [5.74, 6) is -1.76. The first-order chi connectivity index (χ1) is 10.6. The first kappa shape index (κ1) is 14.9. The lowest BCUT2D eigenvalue weighted by atomic mass is 9.78. The van der Waals surface area contributed by atoms with Gasteiger partial charge < -0.3 is 4.74 Å². The molecule has 112 valence electrons. The maximum atomic E-state index is 12.2. The lowest BCUT2D eigenvalue weighted by molar-refractivity contribution is -0.149. The minimum absolute atomic E-state index is 0.173. The van der Waals surface area contributed by atoms with Crippen LogP contribution in [0.4, 0.5) is 0 Å². The first-order valence-corrected chi connectivity index (χ1v) is 7.89. The van der Waals surface area contributed by atoms with Crippen LogP contribution >= 0.6 is 11.8 Å². The van der Waals surface area contributed by atoms with Crippen molar-refractivity contribution in [3.63, 3.8) is 0 Å². The van der Waals surface area contributed by atoms with E-state index in [1.807, 2.05) is 48.5 Å². The quantitative estimate of drug-likeness (QED) is 0.641. The van der Waals surface area contributed by atoms with Crippen molar-refractivity contribution in [3.8, 4) is 0 Å². The van der Waals surface area contributed by atoms with Crippen LogP contribution in [0.1, 0.15) is 24.0 Å². The van der Waals surface area contributed by atoms with Crippen molar-refractivity contribution in [2.45, 2.75) is 22.6 Å². The number of esters is 1. The van der Waals surface area contributed by atoms with Gasteiger partial charge in [0.1, 0.15) is 11.7 Å². The van der Waals surface area contributed by atoms with Gasteiger partial charge in [0.2, 0.25) is 0 Å². The molecule has 3 rings (SSSR count). The third kappa shape index (κ3) is 2.44. The van der Waals surface area contributed by atoms with Crippen LogP contribution in [0.2, 0.25) is 0 Å². The SMILES string of the molecule is COC(=O)[C@@H](C(C)=O)C1c2ccccc2Sc2ccccc21. The van der Waals surface area contributed by atoms with Gasteiger partial charge in [0.25, 0.3) is 0 Å². The van der Waals surface area contributed by atoms with E-state index in [0.29, 0.717) is 0 Å². The first-order valence-electron chi connectivity index (χ1n) is 7.07. The van der Waals surface area contributed by atoms with Crippen molar-refractivity contribution in [1.82, 2.24) is 0 Å². The molecule has 4 heteroatoms. The zero-order chi connectivity index (χ0) is 15.7. The number of benzene rings is 2. The van der Waals surface area contributed by atoms with Crippen molar-refractivity contribution in [2.24, 2.45) is 5.92 Å². The second kappa shape index (κ2) is 5.97. The molecule has 0 N–H and O–H groups in total. The van der Waals surface area contributed by atoms with Gasteiger partial charge in [0.05, 0.1) is 7.11 Å². The van der Waals surface area contributed by atoms with Crippen LogP contribution in [-0.4, -0.2) is 18.9 Å². The number of ether oxygens (including phenoxy) is 1. The molecule has 0 radical (unpaired) electrons. The number of Topliss-reactive ketones (excluding diaryl/α,β-unsaturated/α-hetero) is 1. The highest BCUT2D eigenvalue weighted by Crippen LogP contribution is 2.48. The molecule has 2 aromatic rings. The Hall–Kier alpha value is -2.07. The highest BCUT2D eigenvalue weighted by molar-refractivity contribution is 7.99. The molecule has 0 bridgehead atoms. The Morgan fingerprint density at radius 2 is 1.50 bits per heavy atom. The van der Waals surface area contributed by atoms with Crippen LogP contribution < -0.4 is 0 Å². The molecule has 1 aliphatic heterocycles. The molecule has 0 fully saturated rings. The van der Waals surface area contributed by atoms with Crippen molar-refractivity contribution in [3.05, 3.63) is 59.7 Å². The average molecular weight is 312 g/mol. The molecular formula is C18H16O3S. The summed E-state index contributed by atoms with van der Waals surface area (Å²) >= 11 is 1.67. The number of hydrogen-bond acceptors (Lipinski definition) is 4. The molecule has 0 saturated carbocycles. The van der Waals surface area contributed by atoms with E-state index in [1.54, 1.807) is 11.8 Å². The summed E-state index contributed by atoms with van der Waals surface area (Å²) in [6.45, 7) is 1.45. The maximum absolute atomic E-state index is 12.2. The molecule has 0 unspecified atom stereocenters. The minimum Gasteiger partial charge on any atom is -0.468 e. The van der Waals surface area contributed by atoms with Crippen LogP contribution in [0.3, 0.4) is 0 Å². The number of methoxy groups -OCH3 is 1. The summed E-state index contributed by atoms with van der Waals surface area (Å²) in [5.41, 5.74) is 2.02. The zero-order valence-electron chi connectivity index (χ0n) is 12.4. The Kier molecular flexibility index (Phi) is 4.03. The van der Waals surface area contributed by atoms with E-state index < -0.39 is 11.9 Å². The fourth-order valence-corrected chi connectivity index (χ4v) is 4.13. The van der Waals surface area contributed by atoms with Gasteiger partial charge in [-0.05, 0) is 30.2 Å². The smallest absolute Gasteiger partial charge is 0.317 e. The highest BCUT2D eigenvalue weighted by Gasteiger charge is 2.39. The summed E-state index contributed by atoms with van der Waals surface area (Å²) in [6, 6.07) is 15.8. The summed E-state index contributed by atoms with van der Waals surface area (Å²) in [7, 11) is 1.33. The van der Waals surface area contributed by atoms with Crippen molar-refractivity contribution in [1.29, 1.82) is 0 Å². The number of ketones is 1. The van der Waals surface area contributed by atoms with E-state index in [4.69, 9.17) is 4.74 Å². The highest BCUT2D eigenvalue weighted by atomic mass is 32.2. The van der Waals surface area contributed by atoms with Gasteiger partial charge >= 0.3 is 5.97 Å². The second-order valence-electron chi connectivity index (χ2n) is 5.27. The van der Waals surface area contributed by atoms with E-state index >= 15 is 0 Å². The Morgan fingerprint density at radius 1 is 1.00 bits per heavy atom.